The molecule has 0 heterocycles. The summed E-state index contributed by atoms with van der Waals surface area (Å²) in [6.45, 7) is 0. The van der Waals surface area contributed by atoms with E-state index in [1.165, 1.54) is 12.1 Å². The van der Waals surface area contributed by atoms with Gasteiger partial charge < -0.3 is 4.57 Å². The van der Waals surface area contributed by atoms with Crippen LogP contribution in [0.4, 0.5) is 4.39 Å². The maximum atomic E-state index is 14.0. The van der Waals surface area contributed by atoms with E-state index in [1.54, 1.807) is 6.07 Å². The van der Waals surface area contributed by atoms with Gasteiger partial charge in [-0.25, -0.2) is 4.39 Å². The minimum atomic E-state index is -3.13. The van der Waals surface area contributed by atoms with Crippen LogP contribution in [0.15, 0.2) is 83.3 Å². The molecule has 0 aliphatic rings. The number of rotatable bonds is 3. The minimum absolute atomic E-state index is 0.398. The van der Waals surface area contributed by atoms with Crippen molar-refractivity contribution in [3.05, 3.63) is 89.2 Å². The Balaban J connectivity index is 2.34. The summed E-state index contributed by atoms with van der Waals surface area (Å²) in [7, 11) is -3.13. The molecule has 1 nitrogen and oxygen atoms in total. The van der Waals surface area contributed by atoms with E-state index in [2.05, 4.69) is 15.9 Å². The first-order chi connectivity index (χ1) is 10.6. The highest BCUT2D eigenvalue weighted by Gasteiger charge is 2.31. The highest BCUT2D eigenvalue weighted by molar-refractivity contribution is 9.10. The third kappa shape index (κ3) is 2.67. The van der Waals surface area contributed by atoms with Crippen LogP contribution in [0.2, 0.25) is 0 Å². The van der Waals surface area contributed by atoms with Gasteiger partial charge >= 0.3 is 0 Å². The Morgan fingerprint density at radius 1 is 0.773 bits per heavy atom. The summed E-state index contributed by atoms with van der Waals surface area (Å²) in [5.74, 6) is -0.398. The van der Waals surface area contributed by atoms with Crippen LogP contribution >= 0.6 is 23.1 Å². The fraction of sp³-hybridized carbons (Fsp3) is 0. The van der Waals surface area contributed by atoms with Crippen LogP contribution in [0.5, 0.6) is 0 Å². The topological polar surface area (TPSA) is 17.1 Å². The van der Waals surface area contributed by atoms with Gasteiger partial charge in [-0.15, -0.1) is 0 Å². The van der Waals surface area contributed by atoms with Crippen LogP contribution in [0.25, 0.3) is 0 Å². The van der Waals surface area contributed by atoms with Gasteiger partial charge in [0.05, 0.1) is 0 Å². The molecule has 0 aliphatic carbocycles. The van der Waals surface area contributed by atoms with E-state index in [-0.39, 0.29) is 0 Å². The van der Waals surface area contributed by atoms with Crippen molar-refractivity contribution >= 4 is 39.0 Å². The molecule has 0 amide bonds. The molecule has 0 aromatic heterocycles. The fourth-order valence-corrected chi connectivity index (χ4v) is 6.14. The molecule has 0 saturated heterocycles. The maximum absolute atomic E-state index is 14.0. The summed E-state index contributed by atoms with van der Waals surface area (Å²) in [6, 6.07) is 22.7. The summed E-state index contributed by atoms with van der Waals surface area (Å²) in [4.78, 5) is 0. The van der Waals surface area contributed by atoms with Crippen molar-refractivity contribution in [3.63, 3.8) is 0 Å². The van der Waals surface area contributed by atoms with E-state index >= 15 is 0 Å². The Kier molecular flexibility index (Phi) is 4.28. The molecular formula is C18H13BrFOP. The summed E-state index contributed by atoms with van der Waals surface area (Å²) >= 11 is 3.42. The predicted octanol–water partition coefficient (Wildman–Crippen LogP) is 4.23. The van der Waals surface area contributed by atoms with Gasteiger partial charge in [0, 0.05) is 20.4 Å². The molecule has 0 spiro atoms. The summed E-state index contributed by atoms with van der Waals surface area (Å²) in [5, 5.41) is 1.85. The Labute approximate surface area is 137 Å². The predicted molar refractivity (Wildman–Crippen MR) is 93.5 cm³/mol. The second-order valence-corrected chi connectivity index (χ2v) is 8.46. The molecule has 22 heavy (non-hydrogen) atoms. The monoisotopic (exact) mass is 374 g/mol. The zero-order valence-electron chi connectivity index (χ0n) is 11.6. The summed E-state index contributed by atoms with van der Waals surface area (Å²) in [5.41, 5.74) is 0. The van der Waals surface area contributed by atoms with Crippen molar-refractivity contribution in [1.82, 2.24) is 0 Å². The van der Waals surface area contributed by atoms with Gasteiger partial charge in [-0.05, 0) is 34.1 Å². The second kappa shape index (κ2) is 6.20. The lowest BCUT2D eigenvalue weighted by Gasteiger charge is -2.21. The van der Waals surface area contributed by atoms with Crippen LogP contribution in [-0.4, -0.2) is 0 Å². The number of benzene rings is 3. The van der Waals surface area contributed by atoms with Gasteiger partial charge in [0.1, 0.15) is 5.82 Å². The molecule has 0 aliphatic heterocycles. The molecule has 0 radical (unpaired) electrons. The van der Waals surface area contributed by atoms with Crippen molar-refractivity contribution in [2.45, 2.75) is 0 Å². The zero-order chi connectivity index (χ0) is 15.6. The largest absolute Gasteiger partial charge is 0.309 e. The Morgan fingerprint density at radius 2 is 1.27 bits per heavy atom. The van der Waals surface area contributed by atoms with Crippen LogP contribution in [-0.2, 0) is 4.57 Å². The minimum Gasteiger partial charge on any atom is -0.309 e. The fourth-order valence-electron chi connectivity index (χ4n) is 2.43. The molecule has 3 aromatic carbocycles. The highest BCUT2D eigenvalue weighted by atomic mass is 79.9. The first kappa shape index (κ1) is 15.2. The van der Waals surface area contributed by atoms with Gasteiger partial charge in [-0.1, -0.05) is 60.7 Å². The normalized spacial score (nSPS) is 11.4. The molecule has 0 fully saturated rings. The Bertz CT molecular complexity index is 791. The number of halogens is 2. The standard InChI is InChI=1S/C18H13BrFOP/c19-17-12-11-14(20)13-18(17)22(21,15-7-3-1-4-8-15)16-9-5-2-6-10-16/h1-13H. The van der Waals surface area contributed by atoms with E-state index in [4.69, 9.17) is 0 Å². The third-order valence-electron chi connectivity index (χ3n) is 3.49. The van der Waals surface area contributed by atoms with E-state index in [0.717, 1.165) is 0 Å². The molecule has 3 aromatic rings. The lowest BCUT2D eigenvalue weighted by atomic mass is 10.3. The average molecular weight is 375 g/mol. The number of hydrogen-bond acceptors (Lipinski definition) is 1. The van der Waals surface area contributed by atoms with Gasteiger partial charge in [0.25, 0.3) is 0 Å². The lowest BCUT2D eigenvalue weighted by Crippen LogP contribution is -2.26. The van der Waals surface area contributed by atoms with E-state index in [1.807, 2.05) is 60.7 Å². The smallest absolute Gasteiger partial charge is 0.172 e. The molecule has 0 N–H and O–H groups in total. The molecule has 4 heteroatoms. The molecule has 0 unspecified atom stereocenters. The van der Waals surface area contributed by atoms with E-state index < -0.39 is 13.0 Å². The maximum Gasteiger partial charge on any atom is 0.172 e. The summed E-state index contributed by atoms with van der Waals surface area (Å²) < 4.78 is 28.4. The van der Waals surface area contributed by atoms with Crippen molar-refractivity contribution in [1.29, 1.82) is 0 Å². The molecule has 0 bridgehead atoms. The Hall–Kier alpha value is -1.70. The quantitative estimate of drug-likeness (QED) is 0.627. The second-order valence-electron chi connectivity index (χ2n) is 4.88. The van der Waals surface area contributed by atoms with Gasteiger partial charge in [-0.2, -0.15) is 0 Å². The van der Waals surface area contributed by atoms with Gasteiger partial charge in [-0.3, -0.25) is 0 Å². The molecule has 0 atom stereocenters. The van der Waals surface area contributed by atoms with Crippen molar-refractivity contribution in [3.8, 4) is 0 Å². The SMILES string of the molecule is O=P(c1ccccc1)(c1ccccc1)c1cc(F)ccc1Br. The van der Waals surface area contributed by atoms with E-state index in [9.17, 15) is 8.96 Å². The van der Waals surface area contributed by atoms with Crippen molar-refractivity contribution < 1.29 is 8.96 Å². The first-order valence-electron chi connectivity index (χ1n) is 6.79. The molecular weight excluding hydrogens is 362 g/mol. The first-order valence-corrected chi connectivity index (χ1v) is 9.29. The van der Waals surface area contributed by atoms with Gasteiger partial charge in [0.2, 0.25) is 0 Å². The third-order valence-corrected chi connectivity index (χ3v) is 7.58. The average Bonchev–Trinajstić information content (AvgIpc) is 2.58. The summed E-state index contributed by atoms with van der Waals surface area (Å²) in [6.07, 6.45) is 0. The zero-order valence-corrected chi connectivity index (χ0v) is 14.1. The van der Waals surface area contributed by atoms with Crippen LogP contribution in [0.3, 0.4) is 0 Å². The van der Waals surface area contributed by atoms with Crippen LogP contribution in [0.1, 0.15) is 0 Å². The molecule has 0 saturated carbocycles. The van der Waals surface area contributed by atoms with Crippen molar-refractivity contribution in [2.24, 2.45) is 0 Å². The van der Waals surface area contributed by atoms with Crippen LogP contribution in [0, 0.1) is 5.82 Å². The number of hydrogen-bond donors (Lipinski definition) is 0. The lowest BCUT2D eigenvalue weighted by molar-refractivity contribution is 0.591. The highest BCUT2D eigenvalue weighted by Crippen LogP contribution is 2.44. The van der Waals surface area contributed by atoms with Gasteiger partial charge in [0.15, 0.2) is 7.14 Å². The van der Waals surface area contributed by atoms with E-state index in [0.29, 0.717) is 20.4 Å². The van der Waals surface area contributed by atoms with Crippen molar-refractivity contribution in [2.75, 3.05) is 0 Å². The van der Waals surface area contributed by atoms with Crippen LogP contribution < -0.4 is 15.9 Å². The molecule has 110 valence electrons. The molecule has 3 rings (SSSR count). The Morgan fingerprint density at radius 3 is 1.77 bits per heavy atom.